The molecule has 0 radical (unpaired) electrons. The highest BCUT2D eigenvalue weighted by atomic mass is 31.2. The summed E-state index contributed by atoms with van der Waals surface area (Å²) in [6.07, 6.45) is 3.83. The van der Waals surface area contributed by atoms with E-state index in [0.29, 0.717) is 13.2 Å². The Bertz CT molecular complexity index is 369. The van der Waals surface area contributed by atoms with Crippen molar-refractivity contribution in [1.82, 2.24) is 0 Å². The van der Waals surface area contributed by atoms with Crippen LogP contribution in [0.3, 0.4) is 0 Å². The molecule has 0 spiro atoms. The maximum atomic E-state index is 12.4. The van der Waals surface area contributed by atoms with Crippen LogP contribution in [-0.2, 0) is 41.9 Å². The summed E-state index contributed by atoms with van der Waals surface area (Å²) in [7, 11) is -3.98. The van der Waals surface area contributed by atoms with E-state index in [1.165, 1.54) is 0 Å². The SMILES string of the molecule is CCCCOCCOP(=O)(OCCOCCCC)OCC(=O)OC=O. The summed E-state index contributed by atoms with van der Waals surface area (Å²) in [5.74, 6) is -0.999. The topological polar surface area (TPSA) is 107 Å². The van der Waals surface area contributed by atoms with Crippen LogP contribution in [0.25, 0.3) is 0 Å². The first-order valence-electron chi connectivity index (χ1n) is 8.40. The van der Waals surface area contributed by atoms with Crippen LogP contribution in [0.4, 0.5) is 0 Å². The molecule has 0 heterocycles. The third-order valence-corrected chi connectivity index (χ3v) is 4.20. The second-order valence-electron chi connectivity index (χ2n) is 4.91. The van der Waals surface area contributed by atoms with Gasteiger partial charge in [0.1, 0.15) is 0 Å². The third-order valence-electron chi connectivity index (χ3n) is 2.76. The van der Waals surface area contributed by atoms with Gasteiger partial charge in [-0.15, -0.1) is 0 Å². The van der Waals surface area contributed by atoms with E-state index in [1.54, 1.807) is 0 Å². The number of hydrogen-bond acceptors (Lipinski definition) is 9. The smallest absolute Gasteiger partial charge is 0.394 e. The summed E-state index contributed by atoms with van der Waals surface area (Å²) in [5, 5.41) is 0. The summed E-state index contributed by atoms with van der Waals surface area (Å²) in [5.41, 5.74) is 0. The fraction of sp³-hybridized carbons (Fsp3) is 0.867. The molecule has 10 heteroatoms. The van der Waals surface area contributed by atoms with Crippen LogP contribution in [0, 0.1) is 0 Å². The number of phosphoric acid groups is 1. The van der Waals surface area contributed by atoms with E-state index in [-0.39, 0.29) is 32.9 Å². The molecule has 0 aromatic rings. The number of carbonyl (C=O) groups excluding carboxylic acids is 2. The second kappa shape index (κ2) is 16.6. The van der Waals surface area contributed by atoms with Gasteiger partial charge in [-0.2, -0.15) is 0 Å². The van der Waals surface area contributed by atoms with Crippen molar-refractivity contribution in [2.24, 2.45) is 0 Å². The van der Waals surface area contributed by atoms with Gasteiger partial charge in [0.05, 0.1) is 26.4 Å². The second-order valence-corrected chi connectivity index (χ2v) is 6.57. The Kier molecular flexibility index (Phi) is 16.1. The first-order valence-corrected chi connectivity index (χ1v) is 9.86. The van der Waals surface area contributed by atoms with Crippen LogP contribution in [-0.4, -0.2) is 58.7 Å². The zero-order chi connectivity index (χ0) is 18.8. The van der Waals surface area contributed by atoms with Crippen molar-refractivity contribution in [3.63, 3.8) is 0 Å². The molecule has 0 atom stereocenters. The van der Waals surface area contributed by atoms with E-state index in [2.05, 4.69) is 4.74 Å². The van der Waals surface area contributed by atoms with Gasteiger partial charge in [0, 0.05) is 13.2 Å². The van der Waals surface area contributed by atoms with Gasteiger partial charge in [0.2, 0.25) is 0 Å². The van der Waals surface area contributed by atoms with Gasteiger partial charge < -0.3 is 14.2 Å². The molecular weight excluding hydrogens is 355 g/mol. The molecule has 0 amide bonds. The quantitative estimate of drug-likeness (QED) is 0.116. The maximum absolute atomic E-state index is 12.4. The fourth-order valence-corrected chi connectivity index (χ4v) is 2.53. The Morgan fingerprint density at radius 1 is 0.840 bits per heavy atom. The lowest BCUT2D eigenvalue weighted by molar-refractivity contribution is -0.153. The number of esters is 1. The first kappa shape index (κ1) is 24.2. The first-order chi connectivity index (χ1) is 12.1. The minimum absolute atomic E-state index is 0.0274. The minimum Gasteiger partial charge on any atom is -0.394 e. The van der Waals surface area contributed by atoms with Gasteiger partial charge in [0.25, 0.3) is 0 Å². The van der Waals surface area contributed by atoms with Crippen molar-refractivity contribution in [2.45, 2.75) is 39.5 Å². The Morgan fingerprint density at radius 2 is 1.36 bits per heavy atom. The molecule has 0 saturated carbocycles. The van der Waals surface area contributed by atoms with E-state index in [9.17, 15) is 14.2 Å². The van der Waals surface area contributed by atoms with Crippen molar-refractivity contribution in [3.8, 4) is 0 Å². The Hall–Kier alpha value is -0.830. The summed E-state index contributed by atoms with van der Waals surface area (Å²) >= 11 is 0. The highest BCUT2D eigenvalue weighted by molar-refractivity contribution is 7.48. The highest BCUT2D eigenvalue weighted by Crippen LogP contribution is 2.49. The van der Waals surface area contributed by atoms with Crippen molar-refractivity contribution in [2.75, 3.05) is 46.2 Å². The van der Waals surface area contributed by atoms with E-state index in [1.807, 2.05) is 13.8 Å². The van der Waals surface area contributed by atoms with Crippen molar-refractivity contribution in [3.05, 3.63) is 0 Å². The zero-order valence-corrected chi connectivity index (χ0v) is 15.9. The Labute approximate surface area is 148 Å². The van der Waals surface area contributed by atoms with Crippen molar-refractivity contribution in [1.29, 1.82) is 0 Å². The number of ether oxygens (including phenoxy) is 3. The third kappa shape index (κ3) is 15.2. The van der Waals surface area contributed by atoms with Crippen molar-refractivity contribution < 1.29 is 41.9 Å². The van der Waals surface area contributed by atoms with Crippen LogP contribution in [0.2, 0.25) is 0 Å². The van der Waals surface area contributed by atoms with E-state index in [0.717, 1.165) is 25.7 Å². The van der Waals surface area contributed by atoms with Crippen LogP contribution >= 0.6 is 7.82 Å². The van der Waals surface area contributed by atoms with Crippen LogP contribution in [0.1, 0.15) is 39.5 Å². The van der Waals surface area contributed by atoms with Gasteiger partial charge in [-0.25, -0.2) is 9.36 Å². The van der Waals surface area contributed by atoms with Crippen molar-refractivity contribution >= 4 is 20.3 Å². The van der Waals surface area contributed by atoms with Crippen LogP contribution in [0.5, 0.6) is 0 Å². The van der Waals surface area contributed by atoms with E-state index < -0.39 is 20.4 Å². The zero-order valence-electron chi connectivity index (χ0n) is 15.0. The molecule has 0 aromatic carbocycles. The van der Waals surface area contributed by atoms with Gasteiger partial charge in [0.15, 0.2) is 6.61 Å². The Morgan fingerprint density at radius 3 is 1.80 bits per heavy atom. The van der Waals surface area contributed by atoms with E-state index in [4.69, 9.17) is 23.0 Å². The summed E-state index contributed by atoms with van der Waals surface area (Å²) < 4.78 is 42.1. The molecule has 0 rings (SSSR count). The molecule has 0 aliphatic heterocycles. The highest BCUT2D eigenvalue weighted by Gasteiger charge is 2.28. The standard InChI is InChI=1S/C15H29O9P/c1-3-5-7-19-9-11-22-25(18,24-13-15(17)21-14-16)23-12-10-20-8-6-4-2/h14H,3-13H2,1-2H3. The average Bonchev–Trinajstić information content (AvgIpc) is 2.60. The van der Waals surface area contributed by atoms with Crippen LogP contribution < -0.4 is 0 Å². The molecule has 25 heavy (non-hydrogen) atoms. The van der Waals surface area contributed by atoms with Gasteiger partial charge in [-0.3, -0.25) is 18.4 Å². The number of carbonyl (C=O) groups is 2. The monoisotopic (exact) mass is 384 g/mol. The summed E-state index contributed by atoms with van der Waals surface area (Å²) in [4.78, 5) is 21.2. The lowest BCUT2D eigenvalue weighted by Gasteiger charge is -2.17. The number of phosphoric ester groups is 1. The minimum atomic E-state index is -3.98. The largest absolute Gasteiger partial charge is 0.475 e. The van der Waals surface area contributed by atoms with Gasteiger partial charge in [-0.05, 0) is 12.8 Å². The molecule has 9 nitrogen and oxygen atoms in total. The van der Waals surface area contributed by atoms with Gasteiger partial charge in [-0.1, -0.05) is 26.7 Å². The number of hydrogen-bond donors (Lipinski definition) is 0. The molecule has 0 saturated heterocycles. The number of rotatable bonds is 18. The average molecular weight is 384 g/mol. The fourth-order valence-electron chi connectivity index (χ4n) is 1.44. The predicted molar refractivity (Wildman–Crippen MR) is 89.1 cm³/mol. The molecule has 0 unspecified atom stereocenters. The predicted octanol–water partition coefficient (Wildman–Crippen LogP) is 2.48. The maximum Gasteiger partial charge on any atom is 0.475 e. The molecule has 0 fully saturated rings. The number of unbranched alkanes of at least 4 members (excludes halogenated alkanes) is 2. The molecule has 0 N–H and O–H groups in total. The van der Waals surface area contributed by atoms with E-state index >= 15 is 0 Å². The molecule has 148 valence electrons. The normalized spacial score (nSPS) is 11.4. The molecule has 0 aromatic heterocycles. The van der Waals surface area contributed by atoms with Gasteiger partial charge >= 0.3 is 20.3 Å². The lowest BCUT2D eigenvalue weighted by atomic mass is 10.4. The van der Waals surface area contributed by atoms with Crippen LogP contribution in [0.15, 0.2) is 0 Å². The molecule has 0 bridgehead atoms. The Balaban J connectivity index is 4.21. The summed E-state index contributed by atoms with van der Waals surface area (Å²) in [6.45, 7) is 4.82. The summed E-state index contributed by atoms with van der Waals surface area (Å²) in [6, 6.07) is 0. The lowest BCUT2D eigenvalue weighted by Crippen LogP contribution is -2.15. The molecular formula is C15H29O9P. The molecule has 0 aliphatic rings. The molecule has 0 aliphatic carbocycles.